The fourth-order valence-corrected chi connectivity index (χ4v) is 4.28. The predicted molar refractivity (Wildman–Crippen MR) is 72.2 cm³/mol. The van der Waals surface area contributed by atoms with Crippen LogP contribution < -0.4 is 5.32 Å². The first-order valence-corrected chi connectivity index (χ1v) is 7.75. The van der Waals surface area contributed by atoms with Gasteiger partial charge in [0.1, 0.15) is 0 Å². The van der Waals surface area contributed by atoms with Crippen molar-refractivity contribution in [2.24, 2.45) is 5.41 Å². The van der Waals surface area contributed by atoms with Gasteiger partial charge in [-0.3, -0.25) is 4.90 Å². The van der Waals surface area contributed by atoms with E-state index in [-0.39, 0.29) is 0 Å². The quantitative estimate of drug-likeness (QED) is 0.753. The fraction of sp³-hybridized carbons (Fsp3) is 1.00. The smallest absolute Gasteiger partial charge is 0.0221 e. The van der Waals surface area contributed by atoms with Gasteiger partial charge >= 0.3 is 0 Å². The molecule has 1 saturated carbocycles. The molecular formula is C15H28N2. The summed E-state index contributed by atoms with van der Waals surface area (Å²) in [6.45, 7) is 6.30. The Morgan fingerprint density at radius 2 is 1.71 bits per heavy atom. The molecule has 3 fully saturated rings. The van der Waals surface area contributed by atoms with Gasteiger partial charge in [0.25, 0.3) is 0 Å². The molecule has 17 heavy (non-hydrogen) atoms. The van der Waals surface area contributed by atoms with Crippen molar-refractivity contribution in [1.29, 1.82) is 0 Å². The van der Waals surface area contributed by atoms with Crippen molar-refractivity contribution in [3.63, 3.8) is 0 Å². The molecule has 3 rings (SSSR count). The lowest BCUT2D eigenvalue weighted by Gasteiger charge is -2.44. The zero-order valence-electron chi connectivity index (χ0n) is 11.4. The minimum atomic E-state index is 0.747. The van der Waals surface area contributed by atoms with Gasteiger partial charge in [-0.1, -0.05) is 12.8 Å². The summed E-state index contributed by atoms with van der Waals surface area (Å²) in [6, 6.07) is 1.59. The number of piperidine rings is 2. The maximum absolute atomic E-state index is 3.65. The second-order valence-corrected chi connectivity index (χ2v) is 6.78. The largest absolute Gasteiger partial charge is 0.313 e. The molecular weight excluding hydrogens is 208 g/mol. The Morgan fingerprint density at radius 1 is 1.00 bits per heavy atom. The molecule has 2 aliphatic heterocycles. The first kappa shape index (κ1) is 12.0. The lowest BCUT2D eigenvalue weighted by molar-refractivity contribution is 0.0623. The highest BCUT2D eigenvalue weighted by Crippen LogP contribution is 2.46. The Bertz CT molecular complexity index is 240. The molecule has 0 radical (unpaired) electrons. The number of nitrogens with one attached hydrogen (secondary N) is 1. The maximum atomic E-state index is 3.65. The van der Waals surface area contributed by atoms with Gasteiger partial charge in [-0.15, -0.1) is 0 Å². The summed E-state index contributed by atoms with van der Waals surface area (Å²) in [5, 5.41) is 3.65. The molecule has 0 amide bonds. The van der Waals surface area contributed by atoms with Crippen LogP contribution in [0.4, 0.5) is 0 Å². The number of hydrogen-bond donors (Lipinski definition) is 1. The van der Waals surface area contributed by atoms with Crippen LogP contribution in [0, 0.1) is 5.41 Å². The van der Waals surface area contributed by atoms with E-state index in [1.54, 1.807) is 0 Å². The summed E-state index contributed by atoms with van der Waals surface area (Å²) in [4.78, 5) is 2.78. The number of rotatable bonds is 1. The first-order chi connectivity index (χ1) is 8.27. The summed E-state index contributed by atoms with van der Waals surface area (Å²) in [7, 11) is 0. The van der Waals surface area contributed by atoms with E-state index in [1.165, 1.54) is 71.0 Å². The van der Waals surface area contributed by atoms with Gasteiger partial charge in [0.15, 0.2) is 0 Å². The van der Waals surface area contributed by atoms with E-state index in [1.807, 2.05) is 0 Å². The highest BCUT2D eigenvalue weighted by atomic mass is 15.2. The monoisotopic (exact) mass is 236 g/mol. The van der Waals surface area contributed by atoms with E-state index in [0.29, 0.717) is 0 Å². The van der Waals surface area contributed by atoms with Crippen molar-refractivity contribution in [3.8, 4) is 0 Å². The van der Waals surface area contributed by atoms with Crippen LogP contribution in [-0.4, -0.2) is 36.6 Å². The lowest BCUT2D eigenvalue weighted by atomic mass is 9.76. The highest BCUT2D eigenvalue weighted by Gasteiger charge is 2.38. The number of likely N-dealkylation sites (tertiary alicyclic amines) is 1. The molecule has 3 aliphatic rings. The van der Waals surface area contributed by atoms with Gasteiger partial charge in [-0.25, -0.2) is 0 Å². The molecule has 1 aliphatic carbocycles. The van der Waals surface area contributed by atoms with Crippen LogP contribution >= 0.6 is 0 Å². The van der Waals surface area contributed by atoms with E-state index in [4.69, 9.17) is 0 Å². The molecule has 2 nitrogen and oxygen atoms in total. The summed E-state index contributed by atoms with van der Waals surface area (Å²) >= 11 is 0. The van der Waals surface area contributed by atoms with Crippen molar-refractivity contribution in [2.75, 3.05) is 19.6 Å². The van der Waals surface area contributed by atoms with Gasteiger partial charge in [0.2, 0.25) is 0 Å². The Kier molecular flexibility index (Phi) is 3.45. The predicted octanol–water partition coefficient (Wildman–Crippen LogP) is 2.78. The number of nitrogens with zero attached hydrogens (tertiary/aromatic N) is 1. The van der Waals surface area contributed by atoms with Gasteiger partial charge in [-0.05, 0) is 64.0 Å². The molecule has 2 atom stereocenters. The zero-order valence-corrected chi connectivity index (χ0v) is 11.4. The van der Waals surface area contributed by atoms with E-state index < -0.39 is 0 Å². The van der Waals surface area contributed by atoms with Crippen molar-refractivity contribution < 1.29 is 0 Å². The molecule has 1 spiro atoms. The molecule has 0 aromatic rings. The second kappa shape index (κ2) is 4.89. The third-order valence-corrected chi connectivity index (χ3v) is 5.67. The summed E-state index contributed by atoms with van der Waals surface area (Å²) < 4.78 is 0. The Balaban J connectivity index is 1.51. The van der Waals surface area contributed by atoms with Crippen LogP contribution in [0.3, 0.4) is 0 Å². The second-order valence-electron chi connectivity index (χ2n) is 6.78. The van der Waals surface area contributed by atoms with Crippen molar-refractivity contribution >= 4 is 0 Å². The molecule has 0 bridgehead atoms. The molecule has 2 unspecified atom stereocenters. The summed E-state index contributed by atoms with van der Waals surface area (Å²) in [6.07, 6.45) is 11.8. The number of hydrogen-bond acceptors (Lipinski definition) is 2. The van der Waals surface area contributed by atoms with Crippen LogP contribution in [0.15, 0.2) is 0 Å². The fourth-order valence-electron chi connectivity index (χ4n) is 4.28. The highest BCUT2D eigenvalue weighted by molar-refractivity contribution is 4.92. The van der Waals surface area contributed by atoms with Crippen molar-refractivity contribution in [3.05, 3.63) is 0 Å². The SMILES string of the molecule is CC1CCC(N2CCC3(CCCC3)CC2)CN1. The van der Waals surface area contributed by atoms with Crippen LogP contribution in [0.5, 0.6) is 0 Å². The lowest BCUT2D eigenvalue weighted by Crippen LogP contribution is -2.52. The summed E-state index contributed by atoms with van der Waals surface area (Å²) in [5.41, 5.74) is 0.784. The van der Waals surface area contributed by atoms with Crippen molar-refractivity contribution in [1.82, 2.24) is 10.2 Å². The maximum Gasteiger partial charge on any atom is 0.0221 e. The normalized spacial score (nSPS) is 38.6. The average molecular weight is 236 g/mol. The molecule has 0 aromatic heterocycles. The topological polar surface area (TPSA) is 15.3 Å². The summed E-state index contributed by atoms with van der Waals surface area (Å²) in [5.74, 6) is 0. The first-order valence-electron chi connectivity index (χ1n) is 7.75. The van der Waals surface area contributed by atoms with Gasteiger partial charge in [0.05, 0.1) is 0 Å². The standard InChI is InChI=1S/C15H28N2/c1-13-4-5-14(12-16-13)17-10-8-15(9-11-17)6-2-3-7-15/h13-14,16H,2-12H2,1H3. The third-order valence-electron chi connectivity index (χ3n) is 5.67. The Hall–Kier alpha value is -0.0800. The molecule has 1 N–H and O–H groups in total. The van der Waals surface area contributed by atoms with Gasteiger partial charge in [0, 0.05) is 18.6 Å². The van der Waals surface area contributed by atoms with Crippen LogP contribution in [0.25, 0.3) is 0 Å². The van der Waals surface area contributed by atoms with E-state index in [9.17, 15) is 0 Å². The Morgan fingerprint density at radius 3 is 2.29 bits per heavy atom. The molecule has 2 heterocycles. The average Bonchev–Trinajstić information content (AvgIpc) is 2.80. The van der Waals surface area contributed by atoms with Crippen LogP contribution in [-0.2, 0) is 0 Å². The minimum absolute atomic E-state index is 0.747. The van der Waals surface area contributed by atoms with Crippen LogP contribution in [0.1, 0.15) is 58.3 Å². The minimum Gasteiger partial charge on any atom is -0.313 e. The zero-order chi connectivity index (χ0) is 11.7. The van der Waals surface area contributed by atoms with Crippen LogP contribution in [0.2, 0.25) is 0 Å². The van der Waals surface area contributed by atoms with Crippen molar-refractivity contribution in [2.45, 2.75) is 70.4 Å². The van der Waals surface area contributed by atoms with E-state index >= 15 is 0 Å². The molecule has 2 heteroatoms. The third kappa shape index (κ3) is 2.53. The molecule has 2 saturated heterocycles. The molecule has 98 valence electrons. The van der Waals surface area contributed by atoms with Gasteiger partial charge in [-0.2, -0.15) is 0 Å². The van der Waals surface area contributed by atoms with Gasteiger partial charge < -0.3 is 5.32 Å². The van der Waals surface area contributed by atoms with E-state index in [2.05, 4.69) is 17.1 Å². The molecule has 0 aromatic carbocycles. The Labute approximate surface area is 106 Å². The van der Waals surface area contributed by atoms with E-state index in [0.717, 1.165) is 17.5 Å².